The minimum atomic E-state index is -0.0251. The number of aromatic nitrogens is 2. The molecule has 0 radical (unpaired) electrons. The molecule has 0 N–H and O–H groups in total. The van der Waals surface area contributed by atoms with Crippen molar-refractivity contribution in [3.63, 3.8) is 0 Å². The van der Waals surface area contributed by atoms with E-state index in [0.717, 1.165) is 0 Å². The van der Waals surface area contributed by atoms with Crippen LogP contribution in [0.15, 0.2) is 121 Å². The predicted molar refractivity (Wildman–Crippen MR) is 208 cm³/mol. The lowest BCUT2D eigenvalue weighted by atomic mass is 9.63. The van der Waals surface area contributed by atoms with E-state index in [1.54, 1.807) is 0 Å². The quantitative estimate of drug-likeness (QED) is 0.179. The second kappa shape index (κ2) is 9.54. The maximum atomic E-state index is 2.59. The van der Waals surface area contributed by atoms with Crippen LogP contribution in [0.25, 0.3) is 66.1 Å². The minimum Gasteiger partial charge on any atom is -0.309 e. The molecule has 0 bridgehead atoms. The number of rotatable bonds is 2. The number of para-hydroxylation sites is 2. The van der Waals surface area contributed by atoms with Gasteiger partial charge >= 0.3 is 0 Å². The average Bonchev–Trinajstić information content (AvgIpc) is 3.70. The lowest BCUT2D eigenvalue weighted by Crippen LogP contribution is -2.33. The molecule has 240 valence electrons. The molecule has 0 atom stereocenters. The number of nitrogens with zero attached hydrogens (tertiary/aromatic N) is 2. The second-order valence-corrected chi connectivity index (χ2v) is 16.5. The normalized spacial score (nSPS) is 17.1. The summed E-state index contributed by atoms with van der Waals surface area (Å²) in [6.07, 6.45) is 2.38. The van der Waals surface area contributed by atoms with Crippen LogP contribution in [-0.4, -0.2) is 9.13 Å². The molecular formula is C47H42N2. The van der Waals surface area contributed by atoms with Crippen LogP contribution in [0.5, 0.6) is 0 Å². The first kappa shape index (κ1) is 28.9. The molecule has 2 heteroatoms. The molecule has 2 aliphatic rings. The fraction of sp³-hybridized carbons (Fsp3) is 0.234. The average molecular weight is 635 g/mol. The molecule has 8 aromatic rings. The molecule has 0 fully saturated rings. The monoisotopic (exact) mass is 634 g/mol. The Morgan fingerprint density at radius 3 is 1.90 bits per heavy atom. The minimum absolute atomic E-state index is 0.0251. The summed E-state index contributed by atoms with van der Waals surface area (Å²) in [5.74, 6) is 0. The maximum absolute atomic E-state index is 2.59. The summed E-state index contributed by atoms with van der Waals surface area (Å²) >= 11 is 0. The molecule has 2 aromatic heterocycles. The van der Waals surface area contributed by atoms with Gasteiger partial charge < -0.3 is 9.13 Å². The predicted octanol–water partition coefficient (Wildman–Crippen LogP) is 12.5. The van der Waals surface area contributed by atoms with E-state index in [1.807, 2.05) is 0 Å². The Bertz CT molecular complexity index is 2680. The SMILES string of the molecule is CC1(C)CCC(C)(C)c2cc3c(cc21)c1c(ccc2c4ccccc4n(-c4ccccc4)c21)n3-c1ccc2c(c1)-c1ccccc1C2(C)C. The fourth-order valence-corrected chi connectivity index (χ4v) is 9.59. The smallest absolute Gasteiger partial charge is 0.0641 e. The fourth-order valence-electron chi connectivity index (χ4n) is 9.59. The van der Waals surface area contributed by atoms with E-state index in [9.17, 15) is 0 Å². The van der Waals surface area contributed by atoms with Crippen molar-refractivity contribution in [2.45, 2.75) is 70.6 Å². The summed E-state index contributed by atoms with van der Waals surface area (Å²) in [6.45, 7) is 14.5. The first-order chi connectivity index (χ1) is 23.6. The van der Waals surface area contributed by atoms with Gasteiger partial charge in [-0.05, 0) is 106 Å². The van der Waals surface area contributed by atoms with E-state index < -0.39 is 0 Å². The van der Waals surface area contributed by atoms with E-state index in [0.29, 0.717) is 0 Å². The summed E-state index contributed by atoms with van der Waals surface area (Å²) in [5.41, 5.74) is 16.2. The van der Waals surface area contributed by atoms with Crippen molar-refractivity contribution in [3.8, 4) is 22.5 Å². The third-order valence-electron chi connectivity index (χ3n) is 12.4. The molecule has 0 saturated heterocycles. The van der Waals surface area contributed by atoms with Gasteiger partial charge in [0.2, 0.25) is 0 Å². The van der Waals surface area contributed by atoms with E-state index in [-0.39, 0.29) is 16.2 Å². The van der Waals surface area contributed by atoms with E-state index in [4.69, 9.17) is 0 Å². The Morgan fingerprint density at radius 1 is 0.429 bits per heavy atom. The Labute approximate surface area is 288 Å². The van der Waals surface area contributed by atoms with Gasteiger partial charge in [0.25, 0.3) is 0 Å². The second-order valence-electron chi connectivity index (χ2n) is 16.5. The largest absolute Gasteiger partial charge is 0.309 e. The van der Waals surface area contributed by atoms with Crippen molar-refractivity contribution < 1.29 is 0 Å². The third kappa shape index (κ3) is 3.78. The molecule has 49 heavy (non-hydrogen) atoms. The van der Waals surface area contributed by atoms with Gasteiger partial charge in [0.05, 0.1) is 22.1 Å². The van der Waals surface area contributed by atoms with Crippen LogP contribution < -0.4 is 0 Å². The third-order valence-corrected chi connectivity index (χ3v) is 12.4. The molecule has 0 saturated carbocycles. The Morgan fingerprint density at radius 2 is 1.10 bits per heavy atom. The summed E-state index contributed by atoms with van der Waals surface area (Å²) in [6, 6.07) is 46.0. The number of hydrogen-bond acceptors (Lipinski definition) is 0. The molecule has 10 rings (SSSR count). The van der Waals surface area contributed by atoms with Crippen LogP contribution in [0.3, 0.4) is 0 Å². The van der Waals surface area contributed by atoms with Crippen molar-refractivity contribution in [3.05, 3.63) is 144 Å². The molecule has 2 nitrogen and oxygen atoms in total. The van der Waals surface area contributed by atoms with Gasteiger partial charge in [-0.1, -0.05) is 114 Å². The van der Waals surface area contributed by atoms with Crippen molar-refractivity contribution in [1.82, 2.24) is 9.13 Å². The van der Waals surface area contributed by atoms with Gasteiger partial charge in [-0.3, -0.25) is 0 Å². The van der Waals surface area contributed by atoms with Crippen LogP contribution in [0.1, 0.15) is 76.6 Å². The van der Waals surface area contributed by atoms with Crippen LogP contribution in [0, 0.1) is 0 Å². The summed E-state index contributed by atoms with van der Waals surface area (Å²) in [5, 5.41) is 5.26. The standard InChI is InChI=1S/C47H42N2/c1-45(2)24-25-46(3,4)39-28-42-35(27-38(39)45)43-41(48(42)30-20-22-37-34(26-30)31-16-10-12-18-36(31)47(37,5)6)23-21-33-32-17-11-13-19-40(32)49(44(33)43)29-14-8-7-9-15-29/h7-23,26-28H,24-25H2,1-6H3. The zero-order valence-electron chi connectivity index (χ0n) is 29.4. The highest BCUT2D eigenvalue weighted by Crippen LogP contribution is 2.52. The van der Waals surface area contributed by atoms with Gasteiger partial charge in [0.1, 0.15) is 0 Å². The van der Waals surface area contributed by atoms with Crippen molar-refractivity contribution in [2.24, 2.45) is 0 Å². The Kier molecular flexibility index (Phi) is 5.62. The lowest BCUT2D eigenvalue weighted by Gasteiger charge is -2.42. The van der Waals surface area contributed by atoms with Crippen molar-refractivity contribution >= 4 is 43.6 Å². The molecule has 6 aromatic carbocycles. The number of fused-ring (bicyclic) bond motifs is 11. The first-order valence-electron chi connectivity index (χ1n) is 17.9. The highest BCUT2D eigenvalue weighted by Gasteiger charge is 2.39. The highest BCUT2D eigenvalue weighted by molar-refractivity contribution is 6.26. The number of hydrogen-bond donors (Lipinski definition) is 0. The maximum Gasteiger partial charge on any atom is 0.0641 e. The van der Waals surface area contributed by atoms with Gasteiger partial charge in [-0.2, -0.15) is 0 Å². The van der Waals surface area contributed by atoms with Crippen LogP contribution in [0.2, 0.25) is 0 Å². The topological polar surface area (TPSA) is 9.86 Å². The van der Waals surface area contributed by atoms with Gasteiger partial charge in [-0.15, -0.1) is 0 Å². The van der Waals surface area contributed by atoms with Crippen molar-refractivity contribution in [2.75, 3.05) is 0 Å². The summed E-state index contributed by atoms with van der Waals surface area (Å²) in [7, 11) is 0. The molecule has 0 spiro atoms. The van der Waals surface area contributed by atoms with Crippen LogP contribution >= 0.6 is 0 Å². The summed E-state index contributed by atoms with van der Waals surface area (Å²) in [4.78, 5) is 0. The molecule has 2 heterocycles. The molecule has 2 aliphatic carbocycles. The molecule has 0 unspecified atom stereocenters. The highest BCUT2D eigenvalue weighted by atomic mass is 15.0. The molecule has 0 amide bonds. The van der Waals surface area contributed by atoms with Crippen LogP contribution in [-0.2, 0) is 16.2 Å². The van der Waals surface area contributed by atoms with Gasteiger partial charge in [0, 0.05) is 38.3 Å². The Hall–Kier alpha value is -5.08. The molecular weight excluding hydrogens is 593 g/mol. The zero-order chi connectivity index (χ0) is 33.4. The van der Waals surface area contributed by atoms with Crippen molar-refractivity contribution in [1.29, 1.82) is 0 Å². The van der Waals surface area contributed by atoms with Gasteiger partial charge in [0.15, 0.2) is 0 Å². The lowest BCUT2D eigenvalue weighted by molar-refractivity contribution is 0.332. The Balaban J connectivity index is 1.40. The van der Waals surface area contributed by atoms with Crippen LogP contribution in [0.4, 0.5) is 0 Å². The van der Waals surface area contributed by atoms with Gasteiger partial charge in [-0.25, -0.2) is 0 Å². The summed E-state index contributed by atoms with van der Waals surface area (Å²) < 4.78 is 5.08. The number of benzene rings is 6. The van der Waals surface area contributed by atoms with E-state index in [1.165, 1.54) is 101 Å². The molecule has 0 aliphatic heterocycles. The first-order valence-corrected chi connectivity index (χ1v) is 17.9. The zero-order valence-corrected chi connectivity index (χ0v) is 29.4. The van der Waals surface area contributed by atoms with E-state index >= 15 is 0 Å². The van der Waals surface area contributed by atoms with E-state index in [2.05, 4.69) is 172 Å².